The Bertz CT molecular complexity index is 684. The van der Waals surface area contributed by atoms with E-state index in [4.69, 9.17) is 0 Å². The van der Waals surface area contributed by atoms with Gasteiger partial charge in [-0.3, -0.25) is 0 Å². The molecule has 1 heterocycles. The van der Waals surface area contributed by atoms with Crippen molar-refractivity contribution in [2.45, 2.75) is 0 Å². The number of nitrogens with zero attached hydrogens (tertiary/aromatic N) is 3. The number of amides is 2. The van der Waals surface area contributed by atoms with E-state index in [9.17, 15) is 14.7 Å². The number of thiazole rings is 1. The van der Waals surface area contributed by atoms with Gasteiger partial charge in [-0.1, -0.05) is 23.5 Å². The number of aromatic nitrogens is 1. The zero-order valence-electron chi connectivity index (χ0n) is 9.82. The maximum atomic E-state index is 11.5. The van der Waals surface area contributed by atoms with E-state index in [0.717, 1.165) is 9.27 Å². The van der Waals surface area contributed by atoms with Crippen molar-refractivity contribution in [2.24, 2.45) is 4.99 Å². The predicted octanol–water partition coefficient (Wildman–Crippen LogP) is 1.81. The van der Waals surface area contributed by atoms with Crippen LogP contribution in [0.5, 0.6) is 0 Å². The van der Waals surface area contributed by atoms with Crippen LogP contribution in [0.2, 0.25) is 0 Å². The third-order valence-electron chi connectivity index (χ3n) is 2.26. The number of hydrogen-bond donors (Lipinski definition) is 1. The molecule has 0 atom stereocenters. The molecule has 0 radical (unpaired) electrons. The van der Waals surface area contributed by atoms with E-state index >= 15 is 0 Å². The molecule has 0 bridgehead atoms. The Hall–Kier alpha value is -2.15. The van der Waals surface area contributed by atoms with Crippen molar-refractivity contribution in [3.05, 3.63) is 29.1 Å². The minimum Gasteiger partial charge on any atom is -0.464 e. The molecule has 1 aromatic heterocycles. The molecule has 2 amide bonds. The van der Waals surface area contributed by atoms with E-state index in [1.807, 2.05) is 6.07 Å². The molecule has 0 spiro atoms. The number of carbonyl (C=O) groups excluding carboxylic acids is 1. The molecule has 0 aliphatic heterocycles. The van der Waals surface area contributed by atoms with Gasteiger partial charge in [-0.25, -0.2) is 14.2 Å². The summed E-state index contributed by atoms with van der Waals surface area (Å²) in [5, 5.41) is 9.19. The molecule has 1 aromatic carbocycles. The number of benzene rings is 1. The molecule has 2 aromatic rings. The third-order valence-corrected chi connectivity index (χ3v) is 3.29. The van der Waals surface area contributed by atoms with E-state index in [0.29, 0.717) is 5.52 Å². The highest BCUT2D eigenvalue weighted by atomic mass is 32.1. The highest BCUT2D eigenvalue weighted by Crippen LogP contribution is 2.16. The Labute approximate surface area is 106 Å². The van der Waals surface area contributed by atoms with Crippen molar-refractivity contribution in [3.8, 4) is 0 Å². The first kappa shape index (κ1) is 12.3. The van der Waals surface area contributed by atoms with E-state index in [2.05, 4.69) is 4.99 Å². The molecule has 94 valence electrons. The summed E-state index contributed by atoms with van der Waals surface area (Å²) in [6, 6.07) is 6.53. The van der Waals surface area contributed by atoms with Crippen molar-refractivity contribution < 1.29 is 14.7 Å². The highest BCUT2D eigenvalue weighted by molar-refractivity contribution is 7.16. The smallest absolute Gasteiger partial charge is 0.418 e. The van der Waals surface area contributed by atoms with Crippen LogP contribution >= 0.6 is 11.3 Å². The standard InChI is InChI=1S/C11H11N3O3S/c1-13(2)9(15)12-10-14(11(16)17)7-5-3-4-6-8(7)18-10/h3-6H,1-2H3,(H,16,17). The average Bonchev–Trinajstić information content (AvgIpc) is 2.66. The molecule has 6 nitrogen and oxygen atoms in total. The van der Waals surface area contributed by atoms with E-state index in [1.165, 1.54) is 16.2 Å². The summed E-state index contributed by atoms with van der Waals surface area (Å²) in [5.74, 6) is 0. The lowest BCUT2D eigenvalue weighted by Crippen LogP contribution is -2.26. The molecule has 18 heavy (non-hydrogen) atoms. The van der Waals surface area contributed by atoms with Crippen molar-refractivity contribution in [3.63, 3.8) is 0 Å². The van der Waals surface area contributed by atoms with Gasteiger partial charge in [0.05, 0.1) is 10.2 Å². The van der Waals surface area contributed by atoms with Crippen molar-refractivity contribution in [2.75, 3.05) is 14.1 Å². The second-order valence-corrected chi connectivity index (χ2v) is 4.77. The molecule has 1 N–H and O–H groups in total. The largest absolute Gasteiger partial charge is 0.464 e. The topological polar surface area (TPSA) is 74.9 Å². The molecule has 0 aliphatic carbocycles. The maximum absolute atomic E-state index is 11.5. The van der Waals surface area contributed by atoms with Gasteiger partial charge in [0.25, 0.3) is 0 Å². The summed E-state index contributed by atoms with van der Waals surface area (Å²) in [7, 11) is 3.12. The molecule has 0 aliphatic rings. The van der Waals surface area contributed by atoms with Crippen LogP contribution in [0.25, 0.3) is 10.2 Å². The van der Waals surface area contributed by atoms with Crippen LogP contribution < -0.4 is 4.80 Å². The van der Waals surface area contributed by atoms with Crippen LogP contribution in [0.15, 0.2) is 29.3 Å². The molecule has 0 saturated heterocycles. The van der Waals surface area contributed by atoms with E-state index < -0.39 is 12.1 Å². The van der Waals surface area contributed by atoms with Gasteiger partial charge in [0.15, 0.2) is 0 Å². The number of rotatable bonds is 0. The quantitative estimate of drug-likeness (QED) is 0.789. The van der Waals surface area contributed by atoms with Crippen molar-refractivity contribution >= 4 is 33.7 Å². The van der Waals surface area contributed by atoms with Gasteiger partial charge in [0.2, 0.25) is 4.80 Å². The minimum absolute atomic E-state index is 0.155. The normalized spacial score (nSPS) is 11.8. The van der Waals surface area contributed by atoms with Gasteiger partial charge in [-0.05, 0) is 12.1 Å². The van der Waals surface area contributed by atoms with Crippen LogP contribution in [-0.4, -0.2) is 40.8 Å². The van der Waals surface area contributed by atoms with Gasteiger partial charge in [0, 0.05) is 14.1 Å². The lowest BCUT2D eigenvalue weighted by Gasteiger charge is -2.03. The average molecular weight is 265 g/mol. The fourth-order valence-corrected chi connectivity index (χ4v) is 2.41. The second-order valence-electron chi connectivity index (χ2n) is 3.76. The number of carboxylic acid groups (broad SMARTS) is 1. The fourth-order valence-electron chi connectivity index (χ4n) is 1.41. The summed E-state index contributed by atoms with van der Waals surface area (Å²) < 4.78 is 1.78. The van der Waals surface area contributed by atoms with Gasteiger partial charge < -0.3 is 10.0 Å². The maximum Gasteiger partial charge on any atom is 0.418 e. The van der Waals surface area contributed by atoms with Crippen LogP contribution in [0.3, 0.4) is 0 Å². The first-order valence-electron chi connectivity index (χ1n) is 5.10. The van der Waals surface area contributed by atoms with Gasteiger partial charge >= 0.3 is 12.1 Å². The molecule has 0 saturated carbocycles. The Kier molecular flexibility index (Phi) is 3.15. The van der Waals surface area contributed by atoms with Crippen LogP contribution in [0.1, 0.15) is 0 Å². The predicted molar refractivity (Wildman–Crippen MR) is 67.9 cm³/mol. The lowest BCUT2D eigenvalue weighted by molar-refractivity contribution is 0.196. The minimum atomic E-state index is -1.15. The van der Waals surface area contributed by atoms with Crippen molar-refractivity contribution in [1.82, 2.24) is 9.47 Å². The summed E-state index contributed by atoms with van der Waals surface area (Å²) in [5.41, 5.74) is 0.528. The van der Waals surface area contributed by atoms with Crippen LogP contribution in [0.4, 0.5) is 9.59 Å². The summed E-state index contributed by atoms with van der Waals surface area (Å²) in [6.45, 7) is 0. The summed E-state index contributed by atoms with van der Waals surface area (Å²) >= 11 is 1.17. The Morgan fingerprint density at radius 1 is 1.33 bits per heavy atom. The Morgan fingerprint density at radius 3 is 2.61 bits per heavy atom. The SMILES string of the molecule is CN(C)C(=O)N=c1sc2ccccc2n1C(=O)O. The molecule has 7 heteroatoms. The number of hydrogen-bond acceptors (Lipinski definition) is 3. The number of urea groups is 1. The molecule has 0 fully saturated rings. The molecule has 2 rings (SSSR count). The Balaban J connectivity index is 2.75. The van der Waals surface area contributed by atoms with Gasteiger partial charge in [-0.15, -0.1) is 0 Å². The van der Waals surface area contributed by atoms with Gasteiger partial charge in [-0.2, -0.15) is 4.99 Å². The first-order chi connectivity index (χ1) is 8.50. The van der Waals surface area contributed by atoms with Gasteiger partial charge in [0.1, 0.15) is 0 Å². The zero-order valence-corrected chi connectivity index (χ0v) is 10.6. The van der Waals surface area contributed by atoms with E-state index in [-0.39, 0.29) is 4.80 Å². The molecular weight excluding hydrogens is 254 g/mol. The van der Waals surface area contributed by atoms with Crippen LogP contribution in [-0.2, 0) is 0 Å². The first-order valence-corrected chi connectivity index (χ1v) is 5.92. The second kappa shape index (κ2) is 4.61. The third kappa shape index (κ3) is 2.12. The zero-order chi connectivity index (χ0) is 13.3. The molecule has 0 unspecified atom stereocenters. The highest BCUT2D eigenvalue weighted by Gasteiger charge is 2.12. The number of fused-ring (bicyclic) bond motifs is 1. The molecular formula is C11H11N3O3S. The number of para-hydroxylation sites is 1. The summed E-state index contributed by atoms with van der Waals surface area (Å²) in [4.78, 5) is 28.0. The Morgan fingerprint density at radius 2 is 2.00 bits per heavy atom. The lowest BCUT2D eigenvalue weighted by atomic mass is 10.3. The van der Waals surface area contributed by atoms with E-state index in [1.54, 1.807) is 32.3 Å². The summed E-state index contributed by atoms with van der Waals surface area (Å²) in [6.07, 6.45) is -1.15. The van der Waals surface area contributed by atoms with Crippen LogP contribution in [0, 0.1) is 0 Å². The monoisotopic (exact) mass is 265 g/mol. The number of carbonyl (C=O) groups is 2. The fraction of sp³-hybridized carbons (Fsp3) is 0.182. The van der Waals surface area contributed by atoms with Crippen molar-refractivity contribution in [1.29, 1.82) is 0 Å².